The molecule has 0 unspecified atom stereocenters. The summed E-state index contributed by atoms with van der Waals surface area (Å²) >= 11 is 1.67. The van der Waals surface area contributed by atoms with Gasteiger partial charge in [-0.2, -0.15) is 13.2 Å². The van der Waals surface area contributed by atoms with E-state index in [0.717, 1.165) is 22.8 Å². The second-order valence-corrected chi connectivity index (χ2v) is 8.07. The fraction of sp³-hybridized carbons (Fsp3) is 0.381. The Bertz CT molecular complexity index is 799. The summed E-state index contributed by atoms with van der Waals surface area (Å²) in [6.07, 6.45) is -4.28. The van der Waals surface area contributed by atoms with Crippen LogP contribution in [0.1, 0.15) is 18.4 Å². The summed E-state index contributed by atoms with van der Waals surface area (Å²) < 4.78 is 44.3. The van der Waals surface area contributed by atoms with E-state index < -0.39 is 17.8 Å². The van der Waals surface area contributed by atoms with Crippen LogP contribution < -0.4 is 4.74 Å². The number of thioether (sulfide) groups is 1. The zero-order valence-electron chi connectivity index (χ0n) is 15.6. The molecule has 0 spiro atoms. The fourth-order valence-electron chi connectivity index (χ4n) is 3.36. The van der Waals surface area contributed by atoms with Crippen molar-refractivity contribution in [1.82, 2.24) is 4.90 Å². The Morgan fingerprint density at radius 1 is 1.17 bits per heavy atom. The third-order valence-electron chi connectivity index (χ3n) is 4.90. The molecule has 29 heavy (non-hydrogen) atoms. The van der Waals surface area contributed by atoms with Crippen molar-refractivity contribution in [2.75, 3.05) is 18.8 Å². The van der Waals surface area contributed by atoms with Crippen molar-refractivity contribution in [3.63, 3.8) is 0 Å². The molecule has 1 aliphatic heterocycles. The Morgan fingerprint density at radius 3 is 2.45 bits per heavy atom. The van der Waals surface area contributed by atoms with E-state index in [2.05, 4.69) is 0 Å². The number of rotatable bonds is 7. The van der Waals surface area contributed by atoms with Gasteiger partial charge >= 0.3 is 12.3 Å². The number of ether oxygens (including phenoxy) is 1. The summed E-state index contributed by atoms with van der Waals surface area (Å²) in [4.78, 5) is 13.7. The van der Waals surface area contributed by atoms with Gasteiger partial charge in [-0.15, -0.1) is 11.8 Å². The molecule has 156 valence electrons. The van der Waals surface area contributed by atoms with E-state index in [1.54, 1.807) is 11.8 Å². The molecule has 2 aromatic carbocycles. The Balaban J connectivity index is 1.66. The predicted molar refractivity (Wildman–Crippen MR) is 105 cm³/mol. The quantitative estimate of drug-likeness (QED) is 0.584. The molecule has 1 N–H and O–H groups in total. The van der Waals surface area contributed by atoms with E-state index in [0.29, 0.717) is 31.7 Å². The van der Waals surface area contributed by atoms with Crippen LogP contribution in [0.3, 0.4) is 0 Å². The zero-order valence-corrected chi connectivity index (χ0v) is 16.5. The van der Waals surface area contributed by atoms with Crippen molar-refractivity contribution in [3.8, 4) is 5.75 Å². The molecule has 1 heterocycles. The van der Waals surface area contributed by atoms with Gasteiger partial charge in [-0.3, -0.25) is 0 Å². The lowest BCUT2D eigenvalue weighted by molar-refractivity contribution is -0.137. The number of likely N-dealkylation sites (tertiary alicyclic amines) is 1. The Kier molecular flexibility index (Phi) is 6.95. The highest BCUT2D eigenvalue weighted by molar-refractivity contribution is 7.99. The molecular formula is C21H22F3NO3S. The molecule has 0 radical (unpaired) electrons. The second kappa shape index (κ2) is 9.43. The minimum Gasteiger partial charge on any atom is -0.490 e. The first kappa shape index (κ1) is 21.4. The average molecular weight is 425 g/mol. The number of carbonyl (C=O) groups is 1. The smallest absolute Gasteiger partial charge is 0.416 e. The summed E-state index contributed by atoms with van der Waals surface area (Å²) in [5.41, 5.74) is -0.723. The minimum absolute atomic E-state index is 0.00441. The first-order valence-corrected chi connectivity index (χ1v) is 10.3. The van der Waals surface area contributed by atoms with Gasteiger partial charge in [0, 0.05) is 29.7 Å². The summed E-state index contributed by atoms with van der Waals surface area (Å²) in [5, 5.41) is 9.21. The molecule has 1 amide bonds. The molecule has 0 bridgehead atoms. The van der Waals surface area contributed by atoms with Crippen LogP contribution in [0.5, 0.6) is 5.75 Å². The summed E-state index contributed by atoms with van der Waals surface area (Å²) in [5.74, 6) is 1.13. The molecule has 1 aliphatic rings. The van der Waals surface area contributed by atoms with Gasteiger partial charge in [0.1, 0.15) is 11.9 Å². The van der Waals surface area contributed by atoms with Crippen LogP contribution in [0.15, 0.2) is 59.5 Å². The number of hydrogen-bond donors (Lipinski definition) is 1. The molecule has 3 rings (SSSR count). The van der Waals surface area contributed by atoms with Crippen LogP contribution >= 0.6 is 11.8 Å². The van der Waals surface area contributed by atoms with Crippen LogP contribution in [0.2, 0.25) is 0 Å². The average Bonchev–Trinajstić information content (AvgIpc) is 3.18. The van der Waals surface area contributed by atoms with Crippen molar-refractivity contribution in [2.45, 2.75) is 30.0 Å². The van der Waals surface area contributed by atoms with Crippen molar-refractivity contribution < 1.29 is 27.8 Å². The monoisotopic (exact) mass is 425 g/mol. The highest BCUT2D eigenvalue weighted by Gasteiger charge is 2.33. The lowest BCUT2D eigenvalue weighted by Crippen LogP contribution is -2.32. The molecule has 0 saturated carbocycles. The van der Waals surface area contributed by atoms with E-state index in [1.165, 1.54) is 17.0 Å². The molecule has 4 nitrogen and oxygen atoms in total. The summed E-state index contributed by atoms with van der Waals surface area (Å²) in [7, 11) is 0. The Labute approximate surface area is 171 Å². The van der Waals surface area contributed by atoms with Crippen LogP contribution in [0, 0.1) is 5.92 Å². The molecule has 1 saturated heterocycles. The standard InChI is InChI=1S/C21H22F3NO3S/c22-21(23,24)16-6-8-17(9-7-16)28-19(15-10-12-25(14-15)20(26)27)11-13-29-18-4-2-1-3-5-18/h1-9,15,19H,10-14H2,(H,26,27)/t15-,19-/m0/s1. The predicted octanol–water partition coefficient (Wildman–Crippen LogP) is 5.64. The van der Waals surface area contributed by atoms with Crippen LogP contribution in [0.25, 0.3) is 0 Å². The van der Waals surface area contributed by atoms with Gasteiger partial charge in [0.15, 0.2) is 0 Å². The van der Waals surface area contributed by atoms with Gasteiger partial charge in [-0.05, 0) is 49.2 Å². The van der Waals surface area contributed by atoms with Crippen LogP contribution in [0.4, 0.5) is 18.0 Å². The van der Waals surface area contributed by atoms with Gasteiger partial charge in [0.25, 0.3) is 0 Å². The molecule has 0 aromatic heterocycles. The summed E-state index contributed by atoms with van der Waals surface area (Å²) in [6.45, 7) is 0.815. The molecule has 0 aliphatic carbocycles. The van der Waals surface area contributed by atoms with Gasteiger partial charge in [0.05, 0.1) is 5.56 Å². The minimum atomic E-state index is -4.39. The third kappa shape index (κ3) is 6.06. The van der Waals surface area contributed by atoms with Crippen LogP contribution in [-0.2, 0) is 6.18 Å². The van der Waals surface area contributed by atoms with Crippen molar-refractivity contribution >= 4 is 17.9 Å². The van der Waals surface area contributed by atoms with E-state index in [9.17, 15) is 23.1 Å². The van der Waals surface area contributed by atoms with Gasteiger partial charge < -0.3 is 14.7 Å². The normalized spacial score (nSPS) is 17.9. The first-order valence-electron chi connectivity index (χ1n) is 9.32. The van der Waals surface area contributed by atoms with Crippen molar-refractivity contribution in [2.24, 2.45) is 5.92 Å². The molecule has 2 aromatic rings. The van der Waals surface area contributed by atoms with Gasteiger partial charge in [0.2, 0.25) is 0 Å². The first-order chi connectivity index (χ1) is 13.8. The third-order valence-corrected chi connectivity index (χ3v) is 5.95. The Hall–Kier alpha value is -2.35. The SMILES string of the molecule is O=C(O)N1CC[C@H]([C@H](CCSc2ccccc2)Oc2ccc(C(F)(F)F)cc2)C1. The number of halogens is 3. The lowest BCUT2D eigenvalue weighted by Gasteiger charge is -2.25. The Morgan fingerprint density at radius 2 is 1.86 bits per heavy atom. The topological polar surface area (TPSA) is 49.8 Å². The number of alkyl halides is 3. The molecule has 8 heteroatoms. The number of amides is 1. The van der Waals surface area contributed by atoms with E-state index in [1.807, 2.05) is 30.3 Å². The largest absolute Gasteiger partial charge is 0.490 e. The number of nitrogens with zero attached hydrogens (tertiary/aromatic N) is 1. The fourth-order valence-corrected chi connectivity index (χ4v) is 4.30. The van der Waals surface area contributed by atoms with E-state index in [4.69, 9.17) is 4.74 Å². The van der Waals surface area contributed by atoms with Crippen molar-refractivity contribution in [3.05, 3.63) is 60.2 Å². The van der Waals surface area contributed by atoms with Crippen LogP contribution in [-0.4, -0.2) is 41.0 Å². The zero-order chi connectivity index (χ0) is 20.9. The van der Waals surface area contributed by atoms with Gasteiger partial charge in [-0.25, -0.2) is 4.79 Å². The van der Waals surface area contributed by atoms with E-state index >= 15 is 0 Å². The maximum absolute atomic E-state index is 12.8. The maximum Gasteiger partial charge on any atom is 0.416 e. The molecule has 1 fully saturated rings. The number of carboxylic acid groups (broad SMARTS) is 1. The number of benzene rings is 2. The highest BCUT2D eigenvalue weighted by Crippen LogP contribution is 2.32. The maximum atomic E-state index is 12.8. The molecular weight excluding hydrogens is 403 g/mol. The molecule has 2 atom stereocenters. The summed E-state index contributed by atoms with van der Waals surface area (Å²) in [6, 6.07) is 14.5. The second-order valence-electron chi connectivity index (χ2n) is 6.91. The van der Waals surface area contributed by atoms with E-state index in [-0.39, 0.29) is 12.0 Å². The van der Waals surface area contributed by atoms with Gasteiger partial charge in [-0.1, -0.05) is 18.2 Å². The lowest BCUT2D eigenvalue weighted by atomic mass is 9.99. The van der Waals surface area contributed by atoms with Crippen molar-refractivity contribution in [1.29, 1.82) is 0 Å². The number of hydrogen-bond acceptors (Lipinski definition) is 3. The highest BCUT2D eigenvalue weighted by atomic mass is 32.2.